The highest BCUT2D eigenvalue weighted by Gasteiger charge is 2.12. The summed E-state index contributed by atoms with van der Waals surface area (Å²) in [7, 11) is -3.95. The lowest BCUT2D eigenvalue weighted by Gasteiger charge is -2.09. The number of hydrogen-bond acceptors (Lipinski definition) is 5. The van der Waals surface area contributed by atoms with Gasteiger partial charge in [0.15, 0.2) is 6.10 Å². The minimum Gasteiger partial charge on any atom is -0.433 e. The van der Waals surface area contributed by atoms with E-state index in [1.165, 1.54) is 6.92 Å². The molecule has 1 atom stereocenters. The fraction of sp³-hybridized carbons (Fsp3) is 0.357. The number of rotatable bonds is 5. The summed E-state index contributed by atoms with van der Waals surface area (Å²) in [5.41, 5.74) is 0.461. The van der Waals surface area contributed by atoms with Gasteiger partial charge >= 0.3 is 16.4 Å². The van der Waals surface area contributed by atoms with Crippen LogP contribution in [0.2, 0.25) is 5.02 Å². The first-order valence-corrected chi connectivity index (χ1v) is 8.41. The largest absolute Gasteiger partial charge is 0.433 e. The number of carbonyl (C=O) groups excluding carboxylic acids is 1. The quantitative estimate of drug-likeness (QED) is 0.787. The Balaban J connectivity index is 2.49. The highest BCUT2D eigenvalue weighted by atomic mass is 35.5. The molecule has 1 aromatic carbocycles. The lowest BCUT2D eigenvalue weighted by Crippen LogP contribution is -2.30. The Morgan fingerprint density at radius 2 is 2.00 bits per heavy atom. The van der Waals surface area contributed by atoms with Crippen LogP contribution in [0.15, 0.2) is 24.3 Å². The second-order valence-electron chi connectivity index (χ2n) is 4.74. The topological polar surface area (TPSA) is 93.7 Å². The molecule has 1 amide bonds. The van der Waals surface area contributed by atoms with E-state index in [-0.39, 0.29) is 6.04 Å². The van der Waals surface area contributed by atoms with E-state index in [9.17, 15) is 13.2 Å². The normalized spacial score (nSPS) is 12.0. The van der Waals surface area contributed by atoms with E-state index in [1.807, 2.05) is 6.11 Å². The Labute approximate surface area is 140 Å². The van der Waals surface area contributed by atoms with Gasteiger partial charge in [-0.15, -0.1) is 0 Å². The first kappa shape index (κ1) is 19.1. The Bertz CT molecular complexity index is 709. The zero-order valence-electron chi connectivity index (χ0n) is 12.8. The summed E-state index contributed by atoms with van der Waals surface area (Å²) in [6.45, 7) is 4.75. The van der Waals surface area contributed by atoms with Crippen molar-refractivity contribution in [1.82, 2.24) is 4.72 Å². The molecular weight excluding hydrogens is 344 g/mol. The smallest absolute Gasteiger partial charge is 0.412 e. The summed E-state index contributed by atoms with van der Waals surface area (Å²) in [6.07, 6.45) is 0.358. The lowest BCUT2D eigenvalue weighted by molar-refractivity contribution is 0.145. The van der Waals surface area contributed by atoms with E-state index >= 15 is 0 Å². The van der Waals surface area contributed by atoms with Gasteiger partial charge in [0, 0.05) is 16.8 Å². The van der Waals surface area contributed by atoms with Gasteiger partial charge in [-0.3, -0.25) is 5.32 Å². The molecule has 0 saturated heterocycles. The Kier molecular flexibility index (Phi) is 7.16. The van der Waals surface area contributed by atoms with Gasteiger partial charge in [0.2, 0.25) is 0 Å². The lowest BCUT2D eigenvalue weighted by atomic mass is 10.3. The average molecular weight is 361 g/mol. The van der Waals surface area contributed by atoms with Crippen molar-refractivity contribution in [1.29, 1.82) is 0 Å². The minimum absolute atomic E-state index is 0.320. The summed E-state index contributed by atoms with van der Waals surface area (Å²) in [5.74, 6) is 2.34. The summed E-state index contributed by atoms with van der Waals surface area (Å²) >= 11 is 5.79. The van der Waals surface area contributed by atoms with Crippen molar-refractivity contribution in [3.8, 4) is 12.0 Å². The van der Waals surface area contributed by atoms with Crippen molar-refractivity contribution in [2.75, 3.05) is 5.32 Å². The van der Waals surface area contributed by atoms with Crippen LogP contribution in [-0.2, 0) is 19.2 Å². The van der Waals surface area contributed by atoms with Crippen LogP contribution in [0.1, 0.15) is 20.8 Å². The first-order valence-electron chi connectivity index (χ1n) is 6.62. The molecule has 0 spiro atoms. The van der Waals surface area contributed by atoms with Gasteiger partial charge in [-0.2, -0.15) is 13.1 Å². The third-order valence-corrected chi connectivity index (χ3v) is 3.45. The molecule has 0 saturated carbocycles. The average Bonchev–Trinajstić information content (AvgIpc) is 2.36. The van der Waals surface area contributed by atoms with Crippen LogP contribution in [0.4, 0.5) is 10.5 Å². The molecule has 0 aliphatic heterocycles. The van der Waals surface area contributed by atoms with Crippen LogP contribution in [0.3, 0.4) is 0 Å². The van der Waals surface area contributed by atoms with E-state index in [0.717, 1.165) is 0 Å². The molecule has 1 unspecified atom stereocenters. The van der Waals surface area contributed by atoms with Crippen molar-refractivity contribution in [3.05, 3.63) is 29.3 Å². The van der Waals surface area contributed by atoms with Crippen molar-refractivity contribution in [3.63, 3.8) is 0 Å². The highest BCUT2D eigenvalue weighted by Crippen LogP contribution is 2.15. The fourth-order valence-electron chi connectivity index (χ4n) is 1.38. The van der Waals surface area contributed by atoms with Crippen LogP contribution in [0, 0.1) is 12.0 Å². The maximum absolute atomic E-state index is 11.6. The minimum atomic E-state index is -3.95. The zero-order valence-corrected chi connectivity index (χ0v) is 14.4. The zero-order chi connectivity index (χ0) is 17.5. The van der Waals surface area contributed by atoms with Crippen molar-refractivity contribution >= 4 is 33.7 Å². The standard InChI is InChI=1S/C14H17ClN2O5S/c1-10(2)17-23(19,20)21-8-7-11(3)22-14(18)16-13-6-4-5-12(15)9-13/h4-6,9-11,17H,1-3H3,(H,16,18). The van der Waals surface area contributed by atoms with Crippen molar-refractivity contribution < 1.29 is 22.1 Å². The summed E-state index contributed by atoms with van der Waals surface area (Å²) in [4.78, 5) is 11.6. The molecule has 1 rings (SSSR count). The molecule has 0 aromatic heterocycles. The third-order valence-electron chi connectivity index (χ3n) is 2.15. The van der Waals surface area contributed by atoms with E-state index in [1.54, 1.807) is 38.1 Å². The number of benzene rings is 1. The summed E-state index contributed by atoms with van der Waals surface area (Å²) < 4.78 is 34.2. The van der Waals surface area contributed by atoms with E-state index < -0.39 is 22.5 Å². The molecule has 0 bridgehead atoms. The van der Waals surface area contributed by atoms with E-state index in [4.69, 9.17) is 16.3 Å². The van der Waals surface area contributed by atoms with Crippen molar-refractivity contribution in [2.45, 2.75) is 32.9 Å². The molecule has 0 fully saturated rings. The number of hydrogen-bond donors (Lipinski definition) is 2. The van der Waals surface area contributed by atoms with E-state index in [0.29, 0.717) is 10.7 Å². The Morgan fingerprint density at radius 1 is 1.30 bits per heavy atom. The van der Waals surface area contributed by atoms with Crippen molar-refractivity contribution in [2.24, 2.45) is 0 Å². The van der Waals surface area contributed by atoms with Gasteiger partial charge in [0.1, 0.15) is 6.11 Å². The molecule has 0 radical (unpaired) electrons. The second-order valence-corrected chi connectivity index (χ2v) is 6.49. The Hall–Kier alpha value is -1.95. The molecule has 0 heterocycles. The van der Waals surface area contributed by atoms with Crippen LogP contribution in [-0.4, -0.2) is 26.7 Å². The molecule has 23 heavy (non-hydrogen) atoms. The molecule has 7 nitrogen and oxygen atoms in total. The van der Waals surface area contributed by atoms with Crippen LogP contribution in [0.5, 0.6) is 0 Å². The summed E-state index contributed by atoms with van der Waals surface area (Å²) in [5, 5.41) is 2.93. The van der Waals surface area contributed by atoms with Gasteiger partial charge < -0.3 is 8.92 Å². The predicted octanol–water partition coefficient (Wildman–Crippen LogP) is 2.50. The number of nitrogens with one attached hydrogen (secondary N) is 2. The van der Waals surface area contributed by atoms with E-state index in [2.05, 4.69) is 20.1 Å². The Morgan fingerprint density at radius 3 is 2.61 bits per heavy atom. The fourth-order valence-corrected chi connectivity index (χ4v) is 2.35. The summed E-state index contributed by atoms with van der Waals surface area (Å²) in [6, 6.07) is 6.19. The van der Waals surface area contributed by atoms with Crippen LogP contribution in [0.25, 0.3) is 0 Å². The number of amides is 1. The van der Waals surface area contributed by atoms with Gasteiger partial charge in [-0.25, -0.2) is 4.79 Å². The molecule has 0 aliphatic carbocycles. The number of anilines is 1. The van der Waals surface area contributed by atoms with Gasteiger partial charge in [-0.1, -0.05) is 17.7 Å². The molecule has 0 aliphatic rings. The van der Waals surface area contributed by atoms with Crippen LogP contribution >= 0.6 is 11.6 Å². The first-order chi connectivity index (χ1) is 10.7. The predicted molar refractivity (Wildman–Crippen MR) is 87.1 cm³/mol. The maximum atomic E-state index is 11.6. The third kappa shape index (κ3) is 8.30. The van der Waals surface area contributed by atoms with Gasteiger partial charge in [0.05, 0.1) is 0 Å². The number of carbonyl (C=O) groups is 1. The molecule has 1 aromatic rings. The van der Waals surface area contributed by atoms with Gasteiger partial charge in [-0.05, 0) is 44.9 Å². The molecule has 126 valence electrons. The number of halogens is 1. The SMILES string of the molecule is CC(C)NS(=O)(=O)OC#CC(C)OC(=O)Nc1cccc(Cl)c1. The monoisotopic (exact) mass is 360 g/mol. The molecule has 2 N–H and O–H groups in total. The van der Waals surface area contributed by atoms with Crippen LogP contribution < -0.4 is 10.0 Å². The number of ether oxygens (including phenoxy) is 1. The van der Waals surface area contributed by atoms with Gasteiger partial charge in [0.25, 0.3) is 0 Å². The maximum Gasteiger partial charge on any atom is 0.412 e. The highest BCUT2D eigenvalue weighted by molar-refractivity contribution is 7.84. The molecular formula is C14H17ClN2O5S. The molecule has 9 heteroatoms. The second kappa shape index (κ2) is 8.62.